The zero-order chi connectivity index (χ0) is 49.0. The van der Waals surface area contributed by atoms with Crippen molar-refractivity contribution in [2.24, 2.45) is 11.3 Å². The van der Waals surface area contributed by atoms with Crippen LogP contribution in [0.25, 0.3) is 0 Å². The molecule has 67 heavy (non-hydrogen) atoms. The number of imide groups is 1. The van der Waals surface area contributed by atoms with Crippen molar-refractivity contribution in [2.75, 3.05) is 56.0 Å². The molecule has 0 bridgehead atoms. The van der Waals surface area contributed by atoms with Crippen molar-refractivity contribution in [1.82, 2.24) is 15.5 Å². The molecule has 3 aliphatic heterocycles. The lowest BCUT2D eigenvalue weighted by Crippen LogP contribution is -2.51. The van der Waals surface area contributed by atoms with E-state index in [0.29, 0.717) is 65.7 Å². The maximum atomic E-state index is 14.2. The van der Waals surface area contributed by atoms with Crippen molar-refractivity contribution in [2.45, 2.75) is 76.8 Å². The molecule has 356 valence electrons. The summed E-state index contributed by atoms with van der Waals surface area (Å²) in [6.45, 7) is 8.20. The van der Waals surface area contributed by atoms with Gasteiger partial charge in [-0.1, -0.05) is 68.2 Å². The highest BCUT2D eigenvalue weighted by molar-refractivity contribution is 6.31. The van der Waals surface area contributed by atoms with Crippen LogP contribution in [0.4, 0.5) is 25.8 Å². The minimum absolute atomic E-state index is 0.100. The molecule has 3 aliphatic rings. The summed E-state index contributed by atoms with van der Waals surface area (Å²) in [5.74, 6) is -1.16. The van der Waals surface area contributed by atoms with Gasteiger partial charge in [0, 0.05) is 62.7 Å². The van der Waals surface area contributed by atoms with Gasteiger partial charge in [-0.15, -0.1) is 0 Å². The third kappa shape index (κ3) is 13.5. The lowest BCUT2D eigenvalue weighted by atomic mass is 9.79. The van der Waals surface area contributed by atoms with Gasteiger partial charge >= 0.3 is 0 Å². The van der Waals surface area contributed by atoms with Crippen LogP contribution >= 0.6 is 23.2 Å². The molecule has 0 aromatic heterocycles. The van der Waals surface area contributed by atoms with Crippen LogP contribution in [0.15, 0.2) is 78.9 Å². The first-order chi connectivity index (χ1) is 31.9. The fourth-order valence-corrected chi connectivity index (χ4v) is 9.04. The molecule has 0 aliphatic carbocycles. The molecule has 3 saturated heterocycles. The van der Waals surface area contributed by atoms with Gasteiger partial charge in [0.1, 0.15) is 23.4 Å². The summed E-state index contributed by atoms with van der Waals surface area (Å²) in [6.07, 6.45) is 4.35. The fraction of sp³-hybridized carbons (Fsp3) is 0.400. The van der Waals surface area contributed by atoms with Gasteiger partial charge in [-0.3, -0.25) is 29.3 Å². The standard InChI is InChI=1S/C28H33N5O6.C16H20ClFN2.C6H4ClF/c1-31(17-35)24-14-19(5-7-22(24)32(2)23-8-9-26(36)30-27(23)37)18-10-12-33(13-11-18)28(38)20-4-6-21(29-16-34)25(15-20)39-3;1-16(2,3)7-14-11(8-19)12(9-20-14)10-5-4-6-13(17)15(10)18;7-5-2-1-3-6(8)4-5/h4-7,14-18,23H,8-13H2,1-3H3,(H,29,34)(H,30,36,37);4-6,11-12,14,20H,7,9H2,1-3H3;1-4H. The smallest absolute Gasteiger partial charge is 0.253 e. The van der Waals surface area contributed by atoms with Gasteiger partial charge in [0.05, 0.1) is 41.2 Å². The Kier molecular flexibility index (Phi) is 18.3. The SMILES string of the molecule is CC(C)(C)CC1NCC(c2cccc(Cl)c2F)C1C#N.COc1cc(C(=O)N2CCC(c3ccc(N(C)C4CCC(=O)NC4=O)c(N(C)C=O)c3)CC2)ccc1NC=O.Fc1cccc(Cl)c1. The zero-order valence-corrected chi connectivity index (χ0v) is 40.0. The van der Waals surface area contributed by atoms with Gasteiger partial charge in [0.15, 0.2) is 0 Å². The molecule has 3 fully saturated rings. The third-order valence-corrected chi connectivity index (χ3v) is 12.7. The Morgan fingerprint density at radius 1 is 0.970 bits per heavy atom. The Bertz CT molecular complexity index is 2440. The van der Waals surface area contributed by atoms with E-state index in [0.717, 1.165) is 36.9 Å². The largest absolute Gasteiger partial charge is 0.495 e. The Morgan fingerprint density at radius 3 is 2.28 bits per heavy atom. The molecule has 0 radical (unpaired) electrons. The summed E-state index contributed by atoms with van der Waals surface area (Å²) in [7, 11) is 4.94. The van der Waals surface area contributed by atoms with Gasteiger partial charge in [0.2, 0.25) is 24.6 Å². The summed E-state index contributed by atoms with van der Waals surface area (Å²) < 4.78 is 31.5. The van der Waals surface area contributed by atoms with Gasteiger partial charge in [-0.05, 0) is 103 Å². The van der Waals surface area contributed by atoms with E-state index >= 15 is 0 Å². The number of carbonyl (C=O) groups is 5. The number of hydrogen-bond acceptors (Lipinski definition) is 9. The minimum atomic E-state index is -0.511. The number of nitrogens with zero attached hydrogens (tertiary/aromatic N) is 4. The predicted molar refractivity (Wildman–Crippen MR) is 257 cm³/mol. The van der Waals surface area contributed by atoms with E-state index in [1.54, 1.807) is 56.6 Å². The maximum absolute atomic E-state index is 14.2. The number of likely N-dealkylation sites (tertiary alicyclic amines) is 1. The van der Waals surface area contributed by atoms with Crippen molar-refractivity contribution in [3.8, 4) is 11.8 Å². The molecule has 0 spiro atoms. The van der Waals surface area contributed by atoms with Crippen LogP contribution in [0.5, 0.6) is 5.75 Å². The van der Waals surface area contributed by atoms with Crippen LogP contribution in [0, 0.1) is 34.3 Å². The summed E-state index contributed by atoms with van der Waals surface area (Å²) >= 11 is 11.3. The highest BCUT2D eigenvalue weighted by Gasteiger charge is 2.40. The number of likely N-dealkylation sites (N-methyl/N-ethyl adjacent to an activating group) is 1. The number of hydrogen-bond donors (Lipinski definition) is 3. The van der Waals surface area contributed by atoms with Crippen molar-refractivity contribution in [1.29, 1.82) is 5.26 Å². The van der Waals surface area contributed by atoms with E-state index < -0.39 is 11.9 Å². The van der Waals surface area contributed by atoms with Crippen molar-refractivity contribution >= 4 is 70.8 Å². The molecule has 4 aromatic rings. The van der Waals surface area contributed by atoms with E-state index in [-0.39, 0.29) is 64.2 Å². The molecule has 3 heterocycles. The molecule has 4 unspecified atom stereocenters. The minimum Gasteiger partial charge on any atom is -0.495 e. The van der Waals surface area contributed by atoms with Crippen molar-refractivity contribution < 1.29 is 37.5 Å². The topological polar surface area (TPSA) is 164 Å². The molecule has 5 amide bonds. The molecular formula is C50H57Cl2F2N7O6. The summed E-state index contributed by atoms with van der Waals surface area (Å²) in [6, 6.07) is 23.6. The first-order valence-corrected chi connectivity index (χ1v) is 22.7. The monoisotopic (exact) mass is 959 g/mol. The number of carbonyl (C=O) groups excluding carboxylic acids is 5. The second-order valence-corrected chi connectivity index (χ2v) is 18.8. The first kappa shape index (κ1) is 51.9. The molecule has 4 aromatic carbocycles. The molecule has 4 atom stereocenters. The highest BCUT2D eigenvalue weighted by atomic mass is 35.5. The van der Waals surface area contributed by atoms with Crippen LogP contribution in [0.1, 0.15) is 86.2 Å². The Balaban J connectivity index is 0.000000246. The van der Waals surface area contributed by atoms with E-state index in [2.05, 4.69) is 42.8 Å². The van der Waals surface area contributed by atoms with E-state index in [9.17, 15) is 38.0 Å². The van der Waals surface area contributed by atoms with Crippen LogP contribution < -0.4 is 30.5 Å². The lowest BCUT2D eigenvalue weighted by Gasteiger charge is -2.35. The second kappa shape index (κ2) is 23.6. The van der Waals surface area contributed by atoms with Crippen LogP contribution in [0.2, 0.25) is 10.0 Å². The average molecular weight is 961 g/mol. The van der Waals surface area contributed by atoms with Crippen molar-refractivity contribution in [3.63, 3.8) is 0 Å². The first-order valence-electron chi connectivity index (χ1n) is 21.9. The van der Waals surface area contributed by atoms with Crippen LogP contribution in [0.3, 0.4) is 0 Å². The molecule has 13 nitrogen and oxygen atoms in total. The zero-order valence-electron chi connectivity index (χ0n) is 38.5. The molecule has 3 N–H and O–H groups in total. The second-order valence-electron chi connectivity index (χ2n) is 17.9. The lowest BCUT2D eigenvalue weighted by molar-refractivity contribution is -0.134. The van der Waals surface area contributed by atoms with Crippen LogP contribution in [-0.2, 0) is 19.2 Å². The molecular weight excluding hydrogens is 903 g/mol. The van der Waals surface area contributed by atoms with Gasteiger partial charge in [-0.2, -0.15) is 5.26 Å². The highest BCUT2D eigenvalue weighted by Crippen LogP contribution is 2.39. The Hall–Kier alpha value is -6.08. The van der Waals surface area contributed by atoms with Gasteiger partial charge in [0.25, 0.3) is 5.91 Å². The number of anilines is 3. The van der Waals surface area contributed by atoms with Gasteiger partial charge in [-0.25, -0.2) is 8.78 Å². The number of piperidine rings is 2. The summed E-state index contributed by atoms with van der Waals surface area (Å²) in [5.41, 5.74) is 4.10. The quantitative estimate of drug-likeness (QED) is 0.0986. The van der Waals surface area contributed by atoms with E-state index in [4.69, 9.17) is 27.9 Å². The number of halogens is 4. The number of methoxy groups -OCH3 is 1. The average Bonchev–Trinajstić information content (AvgIpc) is 3.70. The number of nitrogens with one attached hydrogen (secondary N) is 3. The predicted octanol–water partition coefficient (Wildman–Crippen LogP) is 8.71. The summed E-state index contributed by atoms with van der Waals surface area (Å²) in [5, 5.41) is 18.4. The van der Waals surface area contributed by atoms with Crippen molar-refractivity contribution in [3.05, 3.63) is 117 Å². The van der Waals surface area contributed by atoms with Crippen LogP contribution in [-0.4, -0.2) is 88.4 Å². The number of rotatable bonds is 11. The number of amides is 5. The molecule has 17 heteroatoms. The van der Waals surface area contributed by atoms with Gasteiger partial charge < -0.3 is 30.1 Å². The number of nitriles is 1. The van der Waals surface area contributed by atoms with E-state index in [1.165, 1.54) is 30.2 Å². The summed E-state index contributed by atoms with van der Waals surface area (Å²) in [4.78, 5) is 64.8. The fourth-order valence-electron chi connectivity index (χ4n) is 8.68. The van der Waals surface area contributed by atoms with E-state index in [1.807, 2.05) is 28.0 Å². The molecule has 0 saturated carbocycles. The number of ether oxygens (including phenoxy) is 1. The Labute approximate surface area is 400 Å². The number of benzene rings is 4. The normalized spacial score (nSPS) is 19.3. The maximum Gasteiger partial charge on any atom is 0.253 e. The third-order valence-electron chi connectivity index (χ3n) is 12.1. The Morgan fingerprint density at radius 2 is 1.69 bits per heavy atom. The molecule has 7 rings (SSSR count).